The SMILES string of the molecule is COC1(C(=O)N2CCCC(c3nc(-c4ccc(F)cc4)no3)C2)CCNCC1.Cl. The lowest BCUT2D eigenvalue weighted by Gasteiger charge is -2.41. The number of hydrogen-bond donors (Lipinski definition) is 1. The Morgan fingerprint density at radius 2 is 2.03 bits per heavy atom. The average molecular weight is 425 g/mol. The number of amides is 1. The molecule has 1 unspecified atom stereocenters. The second kappa shape index (κ2) is 9.19. The summed E-state index contributed by atoms with van der Waals surface area (Å²) < 4.78 is 24.3. The summed E-state index contributed by atoms with van der Waals surface area (Å²) in [5.74, 6) is 0.701. The molecule has 7 nitrogen and oxygen atoms in total. The fourth-order valence-electron chi connectivity index (χ4n) is 4.10. The highest BCUT2D eigenvalue weighted by atomic mass is 35.5. The van der Waals surface area contributed by atoms with Crippen LogP contribution in [0.1, 0.15) is 37.5 Å². The quantitative estimate of drug-likeness (QED) is 0.812. The molecule has 1 amide bonds. The van der Waals surface area contributed by atoms with E-state index < -0.39 is 5.60 Å². The molecule has 1 N–H and O–H groups in total. The molecule has 4 rings (SSSR count). The second-order valence-corrected chi connectivity index (χ2v) is 7.50. The molecule has 1 aromatic carbocycles. The van der Waals surface area contributed by atoms with Gasteiger partial charge in [-0.25, -0.2) is 4.39 Å². The molecule has 1 atom stereocenters. The first-order valence-electron chi connectivity index (χ1n) is 9.76. The Morgan fingerprint density at radius 1 is 1.31 bits per heavy atom. The molecule has 2 aromatic rings. The van der Waals surface area contributed by atoms with Crippen molar-refractivity contribution in [1.82, 2.24) is 20.4 Å². The van der Waals surface area contributed by atoms with Gasteiger partial charge in [-0.1, -0.05) is 5.16 Å². The van der Waals surface area contributed by atoms with Gasteiger partial charge in [-0.15, -0.1) is 12.4 Å². The highest BCUT2D eigenvalue weighted by Crippen LogP contribution is 2.31. The summed E-state index contributed by atoms with van der Waals surface area (Å²) in [6.07, 6.45) is 3.12. The van der Waals surface area contributed by atoms with E-state index in [0.29, 0.717) is 43.2 Å². The van der Waals surface area contributed by atoms with Gasteiger partial charge in [0.15, 0.2) is 0 Å². The van der Waals surface area contributed by atoms with E-state index in [2.05, 4.69) is 15.5 Å². The third-order valence-electron chi connectivity index (χ3n) is 5.79. The van der Waals surface area contributed by atoms with Crippen LogP contribution in [0.5, 0.6) is 0 Å². The van der Waals surface area contributed by atoms with E-state index in [0.717, 1.165) is 25.9 Å². The summed E-state index contributed by atoms with van der Waals surface area (Å²) in [6.45, 7) is 2.82. The van der Waals surface area contributed by atoms with Crippen LogP contribution in [0.3, 0.4) is 0 Å². The number of benzene rings is 1. The monoisotopic (exact) mass is 424 g/mol. The Kier molecular flexibility index (Phi) is 6.87. The maximum Gasteiger partial charge on any atom is 0.254 e. The Bertz CT molecular complexity index is 823. The van der Waals surface area contributed by atoms with E-state index in [9.17, 15) is 9.18 Å². The van der Waals surface area contributed by atoms with Crippen LogP contribution in [0.15, 0.2) is 28.8 Å². The fourth-order valence-corrected chi connectivity index (χ4v) is 4.10. The molecule has 0 aliphatic carbocycles. The predicted molar refractivity (Wildman–Crippen MR) is 107 cm³/mol. The van der Waals surface area contributed by atoms with Gasteiger partial charge in [-0.3, -0.25) is 4.79 Å². The molecule has 0 spiro atoms. The fraction of sp³-hybridized carbons (Fsp3) is 0.550. The first kappa shape index (κ1) is 21.7. The van der Waals surface area contributed by atoms with Gasteiger partial charge in [0.2, 0.25) is 11.7 Å². The minimum Gasteiger partial charge on any atom is -0.368 e. The summed E-state index contributed by atoms with van der Waals surface area (Å²) in [5.41, 5.74) is -0.0328. The van der Waals surface area contributed by atoms with Gasteiger partial charge < -0.3 is 19.5 Å². The summed E-state index contributed by atoms with van der Waals surface area (Å²) >= 11 is 0. The van der Waals surface area contributed by atoms with Crippen LogP contribution in [-0.4, -0.2) is 59.8 Å². The number of piperidine rings is 2. The molecule has 9 heteroatoms. The van der Waals surface area contributed by atoms with Crippen LogP contribution in [0.2, 0.25) is 0 Å². The van der Waals surface area contributed by atoms with E-state index in [1.54, 1.807) is 19.2 Å². The highest BCUT2D eigenvalue weighted by Gasteiger charge is 2.43. The van der Waals surface area contributed by atoms with E-state index in [-0.39, 0.29) is 30.0 Å². The van der Waals surface area contributed by atoms with Gasteiger partial charge in [0.1, 0.15) is 11.4 Å². The maximum absolute atomic E-state index is 13.2. The lowest BCUT2D eigenvalue weighted by molar-refractivity contribution is -0.159. The minimum absolute atomic E-state index is 0. The molecule has 29 heavy (non-hydrogen) atoms. The summed E-state index contributed by atoms with van der Waals surface area (Å²) in [5, 5.41) is 7.32. The van der Waals surface area contributed by atoms with Crippen LogP contribution in [0.25, 0.3) is 11.4 Å². The number of methoxy groups -OCH3 is 1. The molecule has 2 saturated heterocycles. The van der Waals surface area contributed by atoms with Crippen molar-refractivity contribution in [3.63, 3.8) is 0 Å². The van der Waals surface area contributed by atoms with Crippen molar-refractivity contribution in [3.8, 4) is 11.4 Å². The summed E-state index contributed by atoms with van der Waals surface area (Å²) in [4.78, 5) is 19.6. The van der Waals surface area contributed by atoms with Gasteiger partial charge in [0, 0.05) is 25.8 Å². The van der Waals surface area contributed by atoms with E-state index in [1.807, 2.05) is 4.90 Å². The second-order valence-electron chi connectivity index (χ2n) is 7.50. The molecule has 1 aromatic heterocycles. The van der Waals surface area contributed by atoms with Crippen LogP contribution >= 0.6 is 12.4 Å². The normalized spacial score (nSPS) is 21.4. The van der Waals surface area contributed by atoms with Gasteiger partial charge in [0.05, 0.1) is 5.92 Å². The molecule has 158 valence electrons. The summed E-state index contributed by atoms with van der Waals surface area (Å²) in [7, 11) is 1.62. The smallest absolute Gasteiger partial charge is 0.254 e. The van der Waals surface area contributed by atoms with Crippen molar-refractivity contribution < 1.29 is 18.4 Å². The van der Waals surface area contributed by atoms with Crippen molar-refractivity contribution in [2.75, 3.05) is 33.3 Å². The first-order chi connectivity index (χ1) is 13.6. The number of aromatic nitrogens is 2. The zero-order chi connectivity index (χ0) is 19.6. The van der Waals surface area contributed by atoms with Crippen LogP contribution in [-0.2, 0) is 9.53 Å². The van der Waals surface area contributed by atoms with Gasteiger partial charge in [0.25, 0.3) is 5.91 Å². The van der Waals surface area contributed by atoms with Crippen molar-refractivity contribution in [1.29, 1.82) is 0 Å². The summed E-state index contributed by atoms with van der Waals surface area (Å²) in [6, 6.07) is 5.99. The third kappa shape index (κ3) is 4.44. The zero-order valence-electron chi connectivity index (χ0n) is 16.4. The van der Waals surface area contributed by atoms with Gasteiger partial charge in [-0.2, -0.15) is 4.98 Å². The molecule has 3 heterocycles. The van der Waals surface area contributed by atoms with Crippen molar-refractivity contribution in [3.05, 3.63) is 36.0 Å². The number of ether oxygens (including phenoxy) is 1. The zero-order valence-corrected chi connectivity index (χ0v) is 17.2. The highest BCUT2D eigenvalue weighted by molar-refractivity contribution is 5.86. The molecule has 0 radical (unpaired) electrons. The number of nitrogens with one attached hydrogen (secondary N) is 1. The Labute approximate surface area is 175 Å². The number of nitrogens with zero attached hydrogens (tertiary/aromatic N) is 3. The Morgan fingerprint density at radius 3 is 2.72 bits per heavy atom. The van der Waals surface area contributed by atoms with Crippen molar-refractivity contribution in [2.45, 2.75) is 37.2 Å². The lowest BCUT2D eigenvalue weighted by Crippen LogP contribution is -2.56. The molecule has 0 saturated carbocycles. The minimum atomic E-state index is -0.735. The predicted octanol–water partition coefficient (Wildman–Crippen LogP) is 2.77. The van der Waals surface area contributed by atoms with E-state index >= 15 is 0 Å². The Hall–Kier alpha value is -2.03. The van der Waals surface area contributed by atoms with Gasteiger partial charge >= 0.3 is 0 Å². The van der Waals surface area contributed by atoms with Crippen molar-refractivity contribution in [2.24, 2.45) is 0 Å². The number of halogens is 2. The van der Waals surface area contributed by atoms with Crippen molar-refractivity contribution >= 4 is 18.3 Å². The number of rotatable bonds is 4. The third-order valence-corrected chi connectivity index (χ3v) is 5.79. The van der Waals surface area contributed by atoms with E-state index in [1.165, 1.54) is 12.1 Å². The topological polar surface area (TPSA) is 80.5 Å². The van der Waals surface area contributed by atoms with Gasteiger partial charge in [-0.05, 0) is 63.0 Å². The Balaban J connectivity index is 0.00000240. The largest absolute Gasteiger partial charge is 0.368 e. The molecule has 2 aliphatic heterocycles. The standard InChI is InChI=1S/C20H25FN4O3.ClH/c1-27-20(8-10-22-11-9-20)19(26)25-12-2-3-15(13-25)18-23-17(24-28-18)14-4-6-16(21)7-5-14;/h4-7,15,22H,2-3,8-13H2,1H3;1H. The number of carbonyl (C=O) groups is 1. The molecule has 0 bridgehead atoms. The first-order valence-corrected chi connectivity index (χ1v) is 9.76. The average Bonchev–Trinajstić information content (AvgIpc) is 3.24. The molecule has 2 aliphatic rings. The van der Waals surface area contributed by atoms with Crippen LogP contribution in [0, 0.1) is 5.82 Å². The number of carbonyl (C=O) groups excluding carboxylic acids is 1. The number of likely N-dealkylation sites (tertiary alicyclic amines) is 1. The molecular formula is C20H26ClFN4O3. The van der Waals surface area contributed by atoms with Crippen LogP contribution < -0.4 is 5.32 Å². The molecule has 2 fully saturated rings. The maximum atomic E-state index is 13.2. The lowest BCUT2D eigenvalue weighted by atomic mass is 9.88. The number of hydrogen-bond acceptors (Lipinski definition) is 6. The van der Waals surface area contributed by atoms with Crippen LogP contribution in [0.4, 0.5) is 4.39 Å². The molecular weight excluding hydrogens is 399 g/mol. The van der Waals surface area contributed by atoms with E-state index in [4.69, 9.17) is 9.26 Å².